The highest BCUT2D eigenvalue weighted by atomic mass is 16.5. The molecular formula is C49H81N3O7. The lowest BCUT2D eigenvalue weighted by molar-refractivity contribution is -0.241. The minimum Gasteiger partial charge on any atom is -0.481 e. The molecule has 334 valence electrons. The molecule has 10 nitrogen and oxygen atoms in total. The van der Waals surface area contributed by atoms with E-state index in [0.717, 1.165) is 103 Å². The van der Waals surface area contributed by atoms with Crippen LogP contribution in [0.2, 0.25) is 0 Å². The number of ether oxygens (including phenoxy) is 2. The molecule has 5 aliphatic carbocycles. The maximum atomic E-state index is 15.1. The molecule has 59 heavy (non-hydrogen) atoms. The molecule has 7 aliphatic rings. The van der Waals surface area contributed by atoms with Crippen molar-refractivity contribution >= 4 is 23.8 Å². The minimum atomic E-state index is -1.15. The number of carbonyl (C=O) groups excluding carboxylic acids is 3. The average Bonchev–Trinajstić information content (AvgIpc) is 3.92. The molecular weight excluding hydrogens is 743 g/mol. The van der Waals surface area contributed by atoms with Crippen LogP contribution in [0.1, 0.15) is 165 Å². The maximum Gasteiger partial charge on any atom is 0.309 e. The first-order valence-corrected chi connectivity index (χ1v) is 24.0. The van der Waals surface area contributed by atoms with Crippen LogP contribution in [-0.2, 0) is 28.7 Å². The van der Waals surface area contributed by atoms with E-state index in [1.54, 1.807) is 13.8 Å². The number of rotatable bonds is 13. The smallest absolute Gasteiger partial charge is 0.309 e. The fraction of sp³-hybridized carbons (Fsp3) is 0.918. The van der Waals surface area contributed by atoms with Crippen LogP contribution in [0, 0.1) is 61.6 Å². The number of carbonyl (C=O) groups is 4. The summed E-state index contributed by atoms with van der Waals surface area (Å²) in [5.74, 6) is 0.624. The van der Waals surface area contributed by atoms with E-state index in [9.17, 15) is 19.5 Å². The molecule has 2 heterocycles. The molecule has 0 aromatic heterocycles. The number of hydrogen-bond acceptors (Lipinski definition) is 7. The number of carboxylic acids is 1. The Labute approximate surface area is 356 Å². The van der Waals surface area contributed by atoms with Gasteiger partial charge >= 0.3 is 11.9 Å². The molecule has 8 atom stereocenters. The number of hydrogen-bond donors (Lipinski definition) is 2. The van der Waals surface area contributed by atoms with Crippen molar-refractivity contribution in [2.75, 3.05) is 52.5 Å². The number of carboxylic acid groups (broad SMARTS) is 1. The maximum absolute atomic E-state index is 15.1. The molecule has 7 fully saturated rings. The fourth-order valence-electron chi connectivity index (χ4n) is 14.6. The molecule has 2 saturated heterocycles. The summed E-state index contributed by atoms with van der Waals surface area (Å²) in [6, 6.07) is 0. The van der Waals surface area contributed by atoms with Gasteiger partial charge in [0.25, 0.3) is 0 Å². The molecule has 8 unspecified atom stereocenters. The van der Waals surface area contributed by atoms with Gasteiger partial charge in [0.05, 0.1) is 25.0 Å². The summed E-state index contributed by atoms with van der Waals surface area (Å²) >= 11 is 0. The summed E-state index contributed by atoms with van der Waals surface area (Å²) in [7, 11) is 0. The Hall–Kier alpha value is -2.20. The van der Waals surface area contributed by atoms with Crippen LogP contribution in [0.4, 0.5) is 0 Å². The Morgan fingerprint density at radius 3 is 2.14 bits per heavy atom. The van der Waals surface area contributed by atoms with Crippen LogP contribution in [-0.4, -0.2) is 97.2 Å². The summed E-state index contributed by atoms with van der Waals surface area (Å²) in [5, 5.41) is 12.9. The Morgan fingerprint density at radius 2 is 1.47 bits per heavy atom. The van der Waals surface area contributed by atoms with Crippen molar-refractivity contribution in [2.24, 2.45) is 61.6 Å². The number of amides is 2. The van der Waals surface area contributed by atoms with E-state index in [1.165, 1.54) is 32.1 Å². The number of likely N-dealkylation sites (tertiary alicyclic amines) is 1. The van der Waals surface area contributed by atoms with Crippen LogP contribution in [0.5, 0.6) is 0 Å². The molecule has 0 bridgehead atoms. The van der Waals surface area contributed by atoms with Gasteiger partial charge in [-0.3, -0.25) is 24.1 Å². The van der Waals surface area contributed by atoms with Gasteiger partial charge in [0.1, 0.15) is 6.10 Å². The van der Waals surface area contributed by atoms with E-state index in [4.69, 9.17) is 9.47 Å². The standard InChI is InChI=1S/C49H81N3O7/c1-43(2,42(56)57)33-39(53)59-38-13-18-46(6)36(44(38,3)4)12-19-48(8)37(46)11-10-35-32-49(23-22-47(35,48)7,17-9-16-45(5)20-21-45)41(55)52-25-14-34(15-26-52)40(54)50-24-27-51-28-30-58-31-29-51/h34-38H,9-33H2,1-8H3,(H,50,54)(H,56,57). The van der Waals surface area contributed by atoms with Crippen LogP contribution in [0.25, 0.3) is 0 Å². The van der Waals surface area contributed by atoms with Crippen LogP contribution in [0.3, 0.4) is 0 Å². The summed E-state index contributed by atoms with van der Waals surface area (Å²) < 4.78 is 11.7. The first kappa shape index (κ1) is 44.8. The zero-order valence-corrected chi connectivity index (χ0v) is 38.4. The van der Waals surface area contributed by atoms with E-state index in [-0.39, 0.29) is 51.4 Å². The van der Waals surface area contributed by atoms with E-state index in [0.29, 0.717) is 48.7 Å². The average molecular weight is 824 g/mol. The number of esters is 1. The highest BCUT2D eigenvalue weighted by Gasteiger charge is 2.69. The lowest BCUT2D eigenvalue weighted by atomic mass is 9.33. The van der Waals surface area contributed by atoms with Gasteiger partial charge in [0, 0.05) is 56.0 Å². The Morgan fingerprint density at radius 1 is 0.780 bits per heavy atom. The molecule has 2 aliphatic heterocycles. The van der Waals surface area contributed by atoms with E-state index in [1.807, 2.05) is 0 Å². The third-order valence-corrected chi connectivity index (χ3v) is 19.2. The van der Waals surface area contributed by atoms with Crippen molar-refractivity contribution in [3.63, 3.8) is 0 Å². The predicted octanol–water partition coefficient (Wildman–Crippen LogP) is 8.50. The Bertz CT molecular complexity index is 1580. The molecule has 0 aromatic rings. The van der Waals surface area contributed by atoms with E-state index in [2.05, 4.69) is 56.7 Å². The lowest BCUT2D eigenvalue weighted by Crippen LogP contribution is -2.66. The third-order valence-electron chi connectivity index (χ3n) is 19.2. The fourth-order valence-corrected chi connectivity index (χ4v) is 14.6. The van der Waals surface area contributed by atoms with Gasteiger partial charge in [0.15, 0.2) is 0 Å². The van der Waals surface area contributed by atoms with Gasteiger partial charge < -0.3 is 24.8 Å². The Kier molecular flexibility index (Phi) is 12.5. The summed E-state index contributed by atoms with van der Waals surface area (Å²) in [5.41, 5.74) is -0.766. The molecule has 0 spiro atoms. The van der Waals surface area contributed by atoms with Crippen LogP contribution >= 0.6 is 0 Å². The first-order valence-electron chi connectivity index (χ1n) is 24.0. The SMILES string of the molecule is CC1(CCCC2(C(=O)N3CCC(C(=O)NCCN4CCOCC4)CC3)CCC3(C)C(CCC4C5(C)CCC(OC(=O)CC(C)(C)C(=O)O)C(C)(C)C5CCC43C)C2)CC1. The zero-order chi connectivity index (χ0) is 42.6. The number of nitrogens with one attached hydrogen (secondary N) is 1. The number of fused-ring (bicyclic) bond motifs is 5. The minimum absolute atomic E-state index is 0.0213. The monoisotopic (exact) mass is 824 g/mol. The van der Waals surface area contributed by atoms with Crippen molar-refractivity contribution < 1.29 is 33.8 Å². The highest BCUT2D eigenvalue weighted by Crippen LogP contribution is 2.75. The molecule has 0 aromatic carbocycles. The number of piperidine rings is 1. The number of nitrogens with zero attached hydrogens (tertiary/aromatic N) is 2. The number of aliphatic carboxylic acids is 1. The normalized spacial score (nSPS) is 38.3. The second-order valence-corrected chi connectivity index (χ2v) is 23.4. The van der Waals surface area contributed by atoms with Gasteiger partial charge in [-0.15, -0.1) is 0 Å². The topological polar surface area (TPSA) is 125 Å². The molecule has 10 heteroatoms. The third kappa shape index (κ3) is 8.51. The van der Waals surface area contributed by atoms with E-state index < -0.39 is 17.4 Å². The second kappa shape index (κ2) is 16.5. The van der Waals surface area contributed by atoms with Crippen molar-refractivity contribution in [2.45, 2.75) is 171 Å². The summed E-state index contributed by atoms with van der Waals surface area (Å²) in [4.78, 5) is 57.8. The molecule has 2 N–H and O–H groups in total. The van der Waals surface area contributed by atoms with Crippen molar-refractivity contribution in [1.82, 2.24) is 15.1 Å². The summed E-state index contributed by atoms with van der Waals surface area (Å²) in [6.07, 6.45) is 16.7. The molecule has 0 radical (unpaired) electrons. The number of morpholine rings is 1. The van der Waals surface area contributed by atoms with Crippen molar-refractivity contribution in [3.8, 4) is 0 Å². The highest BCUT2D eigenvalue weighted by molar-refractivity contribution is 5.84. The predicted molar refractivity (Wildman–Crippen MR) is 229 cm³/mol. The zero-order valence-electron chi connectivity index (χ0n) is 38.4. The molecule has 7 rings (SSSR count). The van der Waals surface area contributed by atoms with Gasteiger partial charge in [-0.25, -0.2) is 0 Å². The quantitative estimate of drug-likeness (QED) is 0.177. The molecule has 2 amide bonds. The van der Waals surface area contributed by atoms with Crippen molar-refractivity contribution in [1.29, 1.82) is 0 Å². The van der Waals surface area contributed by atoms with E-state index >= 15 is 4.79 Å². The van der Waals surface area contributed by atoms with Gasteiger partial charge in [-0.2, -0.15) is 0 Å². The van der Waals surface area contributed by atoms with Crippen molar-refractivity contribution in [3.05, 3.63) is 0 Å². The van der Waals surface area contributed by atoms with Gasteiger partial charge in [-0.05, 0) is 150 Å². The van der Waals surface area contributed by atoms with Crippen LogP contribution in [0.15, 0.2) is 0 Å². The lowest BCUT2D eigenvalue weighted by Gasteiger charge is -2.72. The summed E-state index contributed by atoms with van der Waals surface area (Å²) in [6.45, 7) is 24.3. The van der Waals surface area contributed by atoms with Crippen LogP contribution < -0.4 is 5.32 Å². The van der Waals surface area contributed by atoms with Gasteiger partial charge in [-0.1, -0.05) is 48.0 Å². The second-order valence-electron chi connectivity index (χ2n) is 23.4. The molecule has 5 saturated carbocycles. The first-order chi connectivity index (χ1) is 27.7. The van der Waals surface area contributed by atoms with Gasteiger partial charge in [0.2, 0.25) is 11.8 Å². The largest absolute Gasteiger partial charge is 0.481 e. The Balaban J connectivity index is 1.02.